The number of hydrogen-bond acceptors (Lipinski definition) is 4. The first-order valence-electron chi connectivity index (χ1n) is 6.17. The number of aryl methyl sites for hydroxylation is 2. The largest absolute Gasteiger partial charge is 0.507 e. The zero-order valence-corrected chi connectivity index (χ0v) is 11.6. The van der Waals surface area contributed by atoms with E-state index in [1.165, 1.54) is 6.26 Å². The third-order valence-electron chi connectivity index (χ3n) is 2.97. The summed E-state index contributed by atoms with van der Waals surface area (Å²) in [5, 5.41) is 13.8. The van der Waals surface area contributed by atoms with Gasteiger partial charge in [0.05, 0.1) is 17.5 Å². The SMILES string of the molecule is C/C(=N\NC(=O)c1ccoc1C)c1cc(C)ccc1O. The van der Waals surface area contributed by atoms with Crippen LogP contribution < -0.4 is 5.43 Å². The van der Waals surface area contributed by atoms with Crippen LogP contribution in [0, 0.1) is 13.8 Å². The van der Waals surface area contributed by atoms with Gasteiger partial charge in [0, 0.05) is 5.56 Å². The number of nitrogens with one attached hydrogen (secondary N) is 1. The molecule has 0 bridgehead atoms. The number of hydrogen-bond donors (Lipinski definition) is 2. The van der Waals surface area contributed by atoms with Gasteiger partial charge < -0.3 is 9.52 Å². The van der Waals surface area contributed by atoms with E-state index in [-0.39, 0.29) is 11.7 Å². The van der Waals surface area contributed by atoms with Crippen LogP contribution in [0.4, 0.5) is 0 Å². The van der Waals surface area contributed by atoms with Gasteiger partial charge in [-0.2, -0.15) is 5.10 Å². The number of phenolic OH excluding ortho intramolecular Hbond substituents is 1. The average Bonchev–Trinajstić information content (AvgIpc) is 2.84. The van der Waals surface area contributed by atoms with Crippen LogP contribution in [-0.4, -0.2) is 16.7 Å². The molecule has 5 nitrogen and oxygen atoms in total. The van der Waals surface area contributed by atoms with E-state index in [2.05, 4.69) is 10.5 Å². The van der Waals surface area contributed by atoms with Crippen molar-refractivity contribution in [2.24, 2.45) is 5.10 Å². The van der Waals surface area contributed by atoms with E-state index in [4.69, 9.17) is 4.42 Å². The summed E-state index contributed by atoms with van der Waals surface area (Å²) in [5.74, 6) is 0.321. The van der Waals surface area contributed by atoms with E-state index in [1.54, 1.807) is 32.0 Å². The number of aromatic hydroxyl groups is 1. The van der Waals surface area contributed by atoms with Gasteiger partial charge in [-0.05, 0) is 39.0 Å². The monoisotopic (exact) mass is 272 g/mol. The minimum atomic E-state index is -0.345. The number of rotatable bonds is 3. The predicted octanol–water partition coefficient (Wildman–Crippen LogP) is 2.76. The first kappa shape index (κ1) is 13.9. The van der Waals surface area contributed by atoms with Crippen molar-refractivity contribution in [1.82, 2.24) is 5.43 Å². The molecule has 20 heavy (non-hydrogen) atoms. The topological polar surface area (TPSA) is 74.8 Å². The van der Waals surface area contributed by atoms with Crippen LogP contribution in [-0.2, 0) is 0 Å². The minimum absolute atomic E-state index is 0.130. The maximum Gasteiger partial charge on any atom is 0.274 e. The average molecular weight is 272 g/mol. The Balaban J connectivity index is 2.17. The van der Waals surface area contributed by atoms with Crippen molar-refractivity contribution in [3.63, 3.8) is 0 Å². The normalized spacial score (nSPS) is 11.4. The zero-order valence-electron chi connectivity index (χ0n) is 11.6. The van der Waals surface area contributed by atoms with Crippen LogP contribution in [0.25, 0.3) is 0 Å². The lowest BCUT2D eigenvalue weighted by Gasteiger charge is -2.06. The molecular formula is C15H16N2O3. The zero-order chi connectivity index (χ0) is 14.7. The third kappa shape index (κ3) is 2.88. The van der Waals surface area contributed by atoms with Gasteiger partial charge in [0.1, 0.15) is 11.5 Å². The van der Waals surface area contributed by atoms with Gasteiger partial charge in [0.2, 0.25) is 0 Å². The molecule has 0 saturated heterocycles. The summed E-state index contributed by atoms with van der Waals surface area (Å²) < 4.78 is 5.06. The van der Waals surface area contributed by atoms with Gasteiger partial charge in [-0.1, -0.05) is 11.6 Å². The molecule has 1 aromatic heterocycles. The summed E-state index contributed by atoms with van der Waals surface area (Å²) in [6, 6.07) is 6.80. The molecular weight excluding hydrogens is 256 g/mol. The number of amides is 1. The van der Waals surface area contributed by atoms with Crippen LogP contribution in [0.5, 0.6) is 5.75 Å². The minimum Gasteiger partial charge on any atom is -0.507 e. The summed E-state index contributed by atoms with van der Waals surface area (Å²) >= 11 is 0. The summed E-state index contributed by atoms with van der Waals surface area (Å²) in [6.07, 6.45) is 1.45. The smallest absolute Gasteiger partial charge is 0.274 e. The fraction of sp³-hybridized carbons (Fsp3) is 0.200. The number of hydrazone groups is 1. The van der Waals surface area contributed by atoms with Crippen molar-refractivity contribution in [3.8, 4) is 5.75 Å². The molecule has 0 fully saturated rings. The van der Waals surface area contributed by atoms with E-state index >= 15 is 0 Å². The fourth-order valence-corrected chi connectivity index (χ4v) is 1.82. The Kier molecular flexibility index (Phi) is 3.89. The number of phenols is 1. The van der Waals surface area contributed by atoms with Gasteiger partial charge >= 0.3 is 0 Å². The Hall–Kier alpha value is -2.56. The first-order chi connectivity index (χ1) is 9.49. The van der Waals surface area contributed by atoms with E-state index in [0.717, 1.165) is 5.56 Å². The highest BCUT2D eigenvalue weighted by molar-refractivity contribution is 6.02. The molecule has 0 saturated carbocycles. The highest BCUT2D eigenvalue weighted by atomic mass is 16.3. The van der Waals surface area contributed by atoms with Gasteiger partial charge in [-0.15, -0.1) is 0 Å². The Morgan fingerprint density at radius 1 is 1.25 bits per heavy atom. The number of nitrogens with zero attached hydrogens (tertiary/aromatic N) is 1. The van der Waals surface area contributed by atoms with Crippen molar-refractivity contribution in [3.05, 3.63) is 53.0 Å². The highest BCUT2D eigenvalue weighted by Gasteiger charge is 2.11. The maximum absolute atomic E-state index is 11.9. The van der Waals surface area contributed by atoms with Crippen molar-refractivity contribution in [1.29, 1.82) is 0 Å². The van der Waals surface area contributed by atoms with E-state index in [1.807, 2.05) is 13.0 Å². The molecule has 1 heterocycles. The van der Waals surface area contributed by atoms with Crippen LogP contribution >= 0.6 is 0 Å². The van der Waals surface area contributed by atoms with Gasteiger partial charge in [-0.25, -0.2) is 5.43 Å². The molecule has 104 valence electrons. The van der Waals surface area contributed by atoms with Crippen LogP contribution in [0.15, 0.2) is 40.0 Å². The van der Waals surface area contributed by atoms with Crippen molar-refractivity contribution in [2.75, 3.05) is 0 Å². The fourth-order valence-electron chi connectivity index (χ4n) is 1.82. The quantitative estimate of drug-likeness (QED) is 0.666. The summed E-state index contributed by atoms with van der Waals surface area (Å²) in [5.41, 5.74) is 5.01. The Bertz CT molecular complexity index is 672. The van der Waals surface area contributed by atoms with Gasteiger partial charge in [-0.3, -0.25) is 4.79 Å². The van der Waals surface area contributed by atoms with Crippen LogP contribution in [0.3, 0.4) is 0 Å². The van der Waals surface area contributed by atoms with Crippen LogP contribution in [0.1, 0.15) is 34.2 Å². The molecule has 0 spiro atoms. The number of benzene rings is 1. The standard InChI is InChI=1S/C15H16N2O3/c1-9-4-5-14(18)13(8-9)10(2)16-17-15(19)12-6-7-20-11(12)3/h4-8,18H,1-3H3,(H,17,19)/b16-10+. The molecule has 2 aromatic rings. The van der Waals surface area contributed by atoms with Gasteiger partial charge in [0.25, 0.3) is 5.91 Å². The predicted molar refractivity (Wildman–Crippen MR) is 76.0 cm³/mol. The molecule has 0 atom stereocenters. The lowest BCUT2D eigenvalue weighted by Crippen LogP contribution is -2.19. The van der Waals surface area contributed by atoms with E-state index in [0.29, 0.717) is 22.6 Å². The molecule has 0 aliphatic rings. The molecule has 2 N–H and O–H groups in total. The first-order valence-corrected chi connectivity index (χ1v) is 6.17. The molecule has 1 amide bonds. The summed E-state index contributed by atoms with van der Waals surface area (Å²) in [4.78, 5) is 11.9. The Morgan fingerprint density at radius 3 is 2.65 bits per heavy atom. The number of carbonyl (C=O) groups is 1. The van der Waals surface area contributed by atoms with Crippen molar-refractivity contribution >= 4 is 11.6 Å². The van der Waals surface area contributed by atoms with Crippen molar-refractivity contribution < 1.29 is 14.3 Å². The molecule has 0 aliphatic heterocycles. The molecule has 5 heteroatoms. The highest BCUT2D eigenvalue weighted by Crippen LogP contribution is 2.19. The summed E-state index contributed by atoms with van der Waals surface area (Å²) in [6.45, 7) is 5.35. The Morgan fingerprint density at radius 2 is 2.00 bits per heavy atom. The second-order valence-electron chi connectivity index (χ2n) is 4.55. The lowest BCUT2D eigenvalue weighted by molar-refractivity contribution is 0.0953. The second kappa shape index (κ2) is 5.61. The molecule has 2 rings (SSSR count). The lowest BCUT2D eigenvalue weighted by atomic mass is 10.1. The molecule has 0 aliphatic carbocycles. The maximum atomic E-state index is 11.9. The molecule has 0 radical (unpaired) electrons. The van der Waals surface area contributed by atoms with E-state index in [9.17, 15) is 9.90 Å². The Labute approximate surface area is 116 Å². The van der Waals surface area contributed by atoms with E-state index < -0.39 is 0 Å². The second-order valence-corrected chi connectivity index (χ2v) is 4.55. The molecule has 0 unspecified atom stereocenters. The van der Waals surface area contributed by atoms with Crippen LogP contribution in [0.2, 0.25) is 0 Å². The van der Waals surface area contributed by atoms with Gasteiger partial charge in [0.15, 0.2) is 0 Å². The third-order valence-corrected chi connectivity index (χ3v) is 2.97. The number of carbonyl (C=O) groups excluding carboxylic acids is 1. The molecule has 1 aromatic carbocycles. The summed E-state index contributed by atoms with van der Waals surface area (Å²) in [7, 11) is 0. The number of furan rings is 1. The van der Waals surface area contributed by atoms with Crippen molar-refractivity contribution in [2.45, 2.75) is 20.8 Å².